The van der Waals surface area contributed by atoms with Crippen molar-refractivity contribution in [2.24, 2.45) is 0 Å². The fraction of sp³-hybridized carbons (Fsp3) is 0.609. The number of piperidine rings is 1. The van der Waals surface area contributed by atoms with E-state index in [4.69, 9.17) is 9.47 Å². The molecule has 31 heavy (non-hydrogen) atoms. The van der Waals surface area contributed by atoms with Crippen molar-refractivity contribution in [3.05, 3.63) is 29.3 Å². The molecule has 172 valence electrons. The second-order valence-corrected chi connectivity index (χ2v) is 8.89. The molecule has 1 heterocycles. The van der Waals surface area contributed by atoms with Crippen molar-refractivity contribution in [2.45, 2.75) is 65.5 Å². The number of carbonyl (C=O) groups is 3. The Hall–Kier alpha value is -2.77. The van der Waals surface area contributed by atoms with Crippen LogP contribution in [0.2, 0.25) is 0 Å². The molecule has 0 unspecified atom stereocenters. The van der Waals surface area contributed by atoms with Gasteiger partial charge in [-0.25, -0.2) is 4.79 Å². The van der Waals surface area contributed by atoms with Crippen molar-refractivity contribution in [3.8, 4) is 5.75 Å². The van der Waals surface area contributed by atoms with Crippen LogP contribution in [0, 0.1) is 13.8 Å². The summed E-state index contributed by atoms with van der Waals surface area (Å²) in [7, 11) is 0. The molecule has 3 amide bonds. The lowest BCUT2D eigenvalue weighted by atomic mass is 10.0. The predicted octanol–water partition coefficient (Wildman–Crippen LogP) is 2.70. The molecule has 0 spiro atoms. The van der Waals surface area contributed by atoms with Crippen molar-refractivity contribution in [1.29, 1.82) is 0 Å². The summed E-state index contributed by atoms with van der Waals surface area (Å²) < 4.78 is 10.8. The third-order valence-electron chi connectivity index (χ3n) is 5.14. The molecule has 2 rings (SSSR count). The molecule has 1 aliphatic heterocycles. The highest BCUT2D eigenvalue weighted by molar-refractivity contribution is 5.78. The van der Waals surface area contributed by atoms with Gasteiger partial charge in [0.2, 0.25) is 5.91 Å². The summed E-state index contributed by atoms with van der Waals surface area (Å²) in [6, 6.07) is 5.82. The first-order valence-electron chi connectivity index (χ1n) is 10.8. The fourth-order valence-corrected chi connectivity index (χ4v) is 3.28. The van der Waals surface area contributed by atoms with Gasteiger partial charge in [-0.2, -0.15) is 0 Å². The molecule has 0 atom stereocenters. The van der Waals surface area contributed by atoms with E-state index >= 15 is 0 Å². The molecule has 0 saturated carbocycles. The molecule has 0 radical (unpaired) electrons. The number of likely N-dealkylation sites (tertiary alicyclic amines) is 1. The molecule has 8 nitrogen and oxygen atoms in total. The summed E-state index contributed by atoms with van der Waals surface area (Å²) in [5.41, 5.74) is 1.60. The van der Waals surface area contributed by atoms with E-state index in [9.17, 15) is 14.4 Å². The summed E-state index contributed by atoms with van der Waals surface area (Å²) in [5.74, 6) is 0.557. The minimum absolute atomic E-state index is 0.0116. The van der Waals surface area contributed by atoms with Crippen molar-refractivity contribution in [2.75, 3.05) is 26.2 Å². The number of benzene rings is 1. The third kappa shape index (κ3) is 8.47. The Morgan fingerprint density at radius 2 is 1.81 bits per heavy atom. The molecule has 8 heteroatoms. The third-order valence-corrected chi connectivity index (χ3v) is 5.14. The summed E-state index contributed by atoms with van der Waals surface area (Å²) in [5, 5.41) is 5.55. The zero-order valence-corrected chi connectivity index (χ0v) is 19.2. The van der Waals surface area contributed by atoms with Crippen LogP contribution in [0.1, 0.15) is 51.2 Å². The maximum atomic E-state index is 12.5. The van der Waals surface area contributed by atoms with Gasteiger partial charge in [0.1, 0.15) is 11.4 Å². The Kier molecular flexibility index (Phi) is 8.71. The Balaban J connectivity index is 1.65. The van der Waals surface area contributed by atoms with Gasteiger partial charge < -0.3 is 25.0 Å². The van der Waals surface area contributed by atoms with Gasteiger partial charge in [-0.1, -0.05) is 12.1 Å². The Morgan fingerprint density at radius 1 is 1.13 bits per heavy atom. The maximum Gasteiger partial charge on any atom is 0.407 e. The van der Waals surface area contributed by atoms with Crippen LogP contribution < -0.4 is 15.4 Å². The highest BCUT2D eigenvalue weighted by Gasteiger charge is 2.24. The molecule has 1 aromatic carbocycles. The van der Waals surface area contributed by atoms with E-state index < -0.39 is 11.7 Å². The molecule has 0 aromatic heterocycles. The maximum absolute atomic E-state index is 12.5. The minimum Gasteiger partial charge on any atom is -0.483 e. The number of nitrogens with one attached hydrogen (secondary N) is 2. The number of aryl methyl sites for hydroxylation is 1. The quantitative estimate of drug-likeness (QED) is 0.689. The topological polar surface area (TPSA) is 97.0 Å². The number of hydrogen-bond donors (Lipinski definition) is 2. The normalized spacial score (nSPS) is 14.7. The van der Waals surface area contributed by atoms with Crippen LogP contribution in [0.15, 0.2) is 18.2 Å². The molecule has 1 saturated heterocycles. The number of rotatable bonds is 7. The largest absolute Gasteiger partial charge is 0.483 e. The molecular formula is C23H35N3O5. The Bertz CT molecular complexity index is 780. The van der Waals surface area contributed by atoms with Crippen LogP contribution in [0.5, 0.6) is 5.75 Å². The van der Waals surface area contributed by atoms with Crippen LogP contribution >= 0.6 is 0 Å². The van der Waals surface area contributed by atoms with Gasteiger partial charge in [-0.3, -0.25) is 9.59 Å². The number of ether oxygens (including phenoxy) is 2. The molecule has 1 fully saturated rings. The lowest BCUT2D eigenvalue weighted by Gasteiger charge is -2.32. The van der Waals surface area contributed by atoms with E-state index in [1.807, 2.05) is 32.0 Å². The number of alkyl carbamates (subject to hydrolysis) is 1. The standard InChI is InChI=1S/C23H35N3O5/c1-16-7-6-8-19(17(16)2)30-15-21(28)26-13-10-18(11-14-26)25-20(27)9-12-24-22(29)31-23(3,4)5/h6-8,18H,9-15H2,1-5H3,(H,24,29)(H,25,27). The van der Waals surface area contributed by atoms with Crippen molar-refractivity contribution in [3.63, 3.8) is 0 Å². The summed E-state index contributed by atoms with van der Waals surface area (Å²) in [6.45, 7) is 10.7. The minimum atomic E-state index is -0.568. The fourth-order valence-electron chi connectivity index (χ4n) is 3.28. The van der Waals surface area contributed by atoms with Crippen LogP contribution in [-0.2, 0) is 14.3 Å². The zero-order chi connectivity index (χ0) is 23.0. The van der Waals surface area contributed by atoms with E-state index in [0.29, 0.717) is 25.9 Å². The average Bonchev–Trinajstić information content (AvgIpc) is 2.68. The van der Waals surface area contributed by atoms with Gasteiger partial charge in [0.25, 0.3) is 5.91 Å². The summed E-state index contributed by atoms with van der Waals surface area (Å²) in [6.07, 6.45) is 1.04. The lowest BCUT2D eigenvalue weighted by molar-refractivity contribution is -0.134. The van der Waals surface area contributed by atoms with E-state index in [-0.39, 0.29) is 37.4 Å². The first-order valence-corrected chi connectivity index (χ1v) is 10.8. The van der Waals surface area contributed by atoms with E-state index in [1.54, 1.807) is 25.7 Å². The molecular weight excluding hydrogens is 398 g/mol. The van der Waals surface area contributed by atoms with Crippen LogP contribution in [0.3, 0.4) is 0 Å². The zero-order valence-electron chi connectivity index (χ0n) is 19.2. The number of carbonyl (C=O) groups excluding carboxylic acids is 3. The van der Waals surface area contributed by atoms with Crippen molar-refractivity contribution < 1.29 is 23.9 Å². The van der Waals surface area contributed by atoms with Crippen molar-refractivity contribution in [1.82, 2.24) is 15.5 Å². The second-order valence-electron chi connectivity index (χ2n) is 8.89. The van der Waals surface area contributed by atoms with E-state index in [0.717, 1.165) is 16.9 Å². The number of hydrogen-bond acceptors (Lipinski definition) is 5. The van der Waals surface area contributed by atoms with Crippen LogP contribution in [0.4, 0.5) is 4.79 Å². The number of nitrogens with zero attached hydrogens (tertiary/aromatic N) is 1. The summed E-state index contributed by atoms with van der Waals surface area (Å²) in [4.78, 5) is 37.9. The van der Waals surface area contributed by atoms with E-state index in [1.165, 1.54) is 0 Å². The highest BCUT2D eigenvalue weighted by atomic mass is 16.6. The highest BCUT2D eigenvalue weighted by Crippen LogP contribution is 2.20. The molecule has 0 bridgehead atoms. The van der Waals surface area contributed by atoms with Gasteiger partial charge in [-0.15, -0.1) is 0 Å². The predicted molar refractivity (Wildman–Crippen MR) is 118 cm³/mol. The van der Waals surface area contributed by atoms with Crippen LogP contribution in [0.25, 0.3) is 0 Å². The molecule has 1 aliphatic rings. The first-order chi connectivity index (χ1) is 14.5. The molecule has 2 N–H and O–H groups in total. The van der Waals surface area contributed by atoms with E-state index in [2.05, 4.69) is 10.6 Å². The molecule has 0 aliphatic carbocycles. The lowest BCUT2D eigenvalue weighted by Crippen LogP contribution is -2.48. The SMILES string of the molecule is Cc1cccc(OCC(=O)N2CCC(NC(=O)CCNC(=O)OC(C)(C)C)CC2)c1C. The monoisotopic (exact) mass is 433 g/mol. The van der Waals surface area contributed by atoms with Gasteiger partial charge in [0.05, 0.1) is 0 Å². The van der Waals surface area contributed by atoms with Gasteiger partial charge in [0, 0.05) is 32.1 Å². The van der Waals surface area contributed by atoms with Crippen LogP contribution in [-0.4, -0.2) is 60.7 Å². The van der Waals surface area contributed by atoms with Gasteiger partial charge in [-0.05, 0) is 64.7 Å². The van der Waals surface area contributed by atoms with Gasteiger partial charge >= 0.3 is 6.09 Å². The average molecular weight is 434 g/mol. The Morgan fingerprint density at radius 3 is 2.45 bits per heavy atom. The van der Waals surface area contributed by atoms with Crippen molar-refractivity contribution >= 4 is 17.9 Å². The first kappa shape index (κ1) is 24.5. The smallest absolute Gasteiger partial charge is 0.407 e. The Labute approximate surface area is 184 Å². The number of amides is 3. The van der Waals surface area contributed by atoms with Gasteiger partial charge in [0.15, 0.2) is 6.61 Å². The molecule has 1 aromatic rings. The second kappa shape index (κ2) is 11.0. The summed E-state index contributed by atoms with van der Waals surface area (Å²) >= 11 is 0.